The molecule has 3 radical (unpaired) electrons. The van der Waals surface area contributed by atoms with E-state index in [4.69, 9.17) is 20.4 Å². The predicted octanol–water partition coefficient (Wildman–Crippen LogP) is 19.3. The number of rotatable bonds is 10. The van der Waals surface area contributed by atoms with Crippen molar-refractivity contribution < 1.29 is 111 Å². The summed E-state index contributed by atoms with van der Waals surface area (Å²) in [5, 5.41) is 33.9. The maximum Gasteiger partial charge on any atom is 0.155 e. The van der Waals surface area contributed by atoms with E-state index in [2.05, 4.69) is 170 Å². The minimum Gasteiger partial charge on any atom is -0.512 e. The second-order valence-electron chi connectivity index (χ2n) is 22.2. The molecule has 14 rings (SSSR count). The van der Waals surface area contributed by atoms with Crippen LogP contribution in [0, 0.1) is 24.3 Å². The van der Waals surface area contributed by atoms with Crippen LogP contribution in [0.5, 0.6) is 0 Å². The van der Waals surface area contributed by atoms with Gasteiger partial charge in [-0.25, -0.2) is 0 Å². The van der Waals surface area contributed by atoms with E-state index in [9.17, 15) is 9.59 Å². The second-order valence-corrected chi connectivity index (χ2v) is 22.2. The van der Waals surface area contributed by atoms with Crippen LogP contribution in [0.2, 0.25) is 0 Å². The Morgan fingerprint density at radius 3 is 1.31 bits per heavy atom. The second kappa shape index (κ2) is 44.1. The van der Waals surface area contributed by atoms with Crippen molar-refractivity contribution in [2.75, 3.05) is 0 Å². The molecule has 4 N–H and O–H groups in total. The van der Waals surface area contributed by atoms with E-state index in [-0.39, 0.29) is 117 Å². The van der Waals surface area contributed by atoms with Crippen molar-refractivity contribution in [2.24, 2.45) is 0 Å². The summed E-state index contributed by atoms with van der Waals surface area (Å²) in [6.07, 6.45) is 11.3. The normalized spacial score (nSPS) is 10.9. The van der Waals surface area contributed by atoms with Gasteiger partial charge in [0.2, 0.25) is 0 Å². The monoisotopic (exact) mass is 2040 g/mol. The Morgan fingerprint density at radius 2 is 0.840 bits per heavy atom. The molecule has 0 saturated heterocycles. The van der Waals surface area contributed by atoms with Crippen molar-refractivity contribution in [1.29, 1.82) is 0 Å². The SMILES string of the molecule is CC(=O)C=C(C)O.CC(=O)C=C(C)O.CC(O)CC(C)O.[Ir].[Ir].[Ir].[Pt].[c-]1c2cccccc-2cc1-c1ccccn1.[c-]1c2cccccc-2cc1-c1nccn1-c1ccccc1.[c-]1cc2cc(-c3ccccc3)cccc-2c1-c1ccccn1.[c-]1cccc2cccc-2c1-c1ccccn1. The van der Waals surface area contributed by atoms with Crippen molar-refractivity contribution in [1.82, 2.24) is 24.5 Å². The summed E-state index contributed by atoms with van der Waals surface area (Å²) in [7, 11) is 0. The molecule has 6 aromatic rings. The molecule has 0 fully saturated rings. The van der Waals surface area contributed by atoms with Gasteiger partial charge in [-0.1, -0.05) is 187 Å². The fraction of sp³-hybridized carbons (Fsp3) is 0.106. The van der Waals surface area contributed by atoms with E-state index in [0.717, 1.165) is 62.0 Å². The molecule has 8 aliphatic rings. The summed E-state index contributed by atoms with van der Waals surface area (Å²) in [5.41, 5.74) is 20.0. The molecule has 517 valence electrons. The third kappa shape index (κ3) is 26.5. The Hall–Kier alpha value is -9.12. The third-order valence-corrected chi connectivity index (χ3v) is 14.1. The molecule has 4 aromatic heterocycles. The number of pyridine rings is 3. The maximum atomic E-state index is 10.0. The van der Waals surface area contributed by atoms with Crippen molar-refractivity contribution in [2.45, 2.75) is 60.2 Å². The van der Waals surface area contributed by atoms with E-state index in [0.29, 0.717) is 6.42 Å². The smallest absolute Gasteiger partial charge is 0.155 e. The zero-order valence-corrected chi connectivity index (χ0v) is 65.3. The molecule has 2 atom stereocenters. The average molecular weight is 2030 g/mol. The number of carbonyl (C=O) groups is 2. The van der Waals surface area contributed by atoms with Crippen molar-refractivity contribution >= 4 is 11.6 Å². The van der Waals surface area contributed by atoms with Gasteiger partial charge in [0, 0.05) is 136 Å². The summed E-state index contributed by atoms with van der Waals surface area (Å²) in [6.45, 7) is 9.02. The van der Waals surface area contributed by atoms with Crippen molar-refractivity contribution in [3.8, 4) is 106 Å². The Kier molecular flexibility index (Phi) is 36.7. The van der Waals surface area contributed by atoms with Crippen LogP contribution < -0.4 is 0 Å². The van der Waals surface area contributed by atoms with Gasteiger partial charge in [-0.2, -0.15) is 0 Å². The number of allylic oxidation sites excluding steroid dienone is 4. The fourth-order valence-electron chi connectivity index (χ4n) is 10.1. The van der Waals surface area contributed by atoms with E-state index < -0.39 is 0 Å². The van der Waals surface area contributed by atoms with Crippen molar-refractivity contribution in [3.05, 3.63) is 334 Å². The summed E-state index contributed by atoms with van der Waals surface area (Å²) in [5.74, 6) is 0.792. The molecule has 100 heavy (non-hydrogen) atoms. The van der Waals surface area contributed by atoms with Gasteiger partial charge < -0.3 is 35.0 Å². The van der Waals surface area contributed by atoms with Crippen LogP contribution in [0.1, 0.15) is 48.0 Å². The van der Waals surface area contributed by atoms with Gasteiger partial charge in [-0.05, 0) is 101 Å². The first-order valence-corrected chi connectivity index (χ1v) is 31.3. The topological polar surface area (TPSA) is 172 Å². The van der Waals surface area contributed by atoms with Crippen LogP contribution in [0.25, 0.3) is 106 Å². The Balaban J connectivity index is 0.000000257. The molecule has 2 unspecified atom stereocenters. The molecule has 4 heterocycles. The minimum absolute atomic E-state index is 0. The summed E-state index contributed by atoms with van der Waals surface area (Å²) in [4.78, 5) is 37.7. The summed E-state index contributed by atoms with van der Waals surface area (Å²) < 4.78 is 2.09. The number of para-hydroxylation sites is 1. The van der Waals surface area contributed by atoms with Gasteiger partial charge in [0.15, 0.2) is 11.6 Å². The number of ketones is 2. The maximum absolute atomic E-state index is 10.0. The number of hydrogen-bond donors (Lipinski definition) is 4. The largest absolute Gasteiger partial charge is 0.512 e. The first kappa shape index (κ1) is 83.3. The zero-order valence-electron chi connectivity index (χ0n) is 55.8. The number of aromatic nitrogens is 5. The number of nitrogens with zero attached hydrogens (tertiary/aromatic N) is 5. The van der Waals surface area contributed by atoms with Crippen LogP contribution in [0.4, 0.5) is 0 Å². The molecular weight excluding hydrogens is 1960 g/mol. The molecule has 0 bridgehead atoms. The van der Waals surface area contributed by atoms with E-state index in [1.165, 1.54) is 84.4 Å². The van der Waals surface area contributed by atoms with Gasteiger partial charge >= 0.3 is 0 Å². The van der Waals surface area contributed by atoms with Crippen LogP contribution in [-0.2, 0) is 91.0 Å². The van der Waals surface area contributed by atoms with Gasteiger partial charge in [-0.3, -0.25) is 19.6 Å². The van der Waals surface area contributed by atoms with E-state index >= 15 is 0 Å². The van der Waals surface area contributed by atoms with Gasteiger partial charge in [0.25, 0.3) is 0 Å². The van der Waals surface area contributed by atoms with Gasteiger partial charge in [0.1, 0.15) is 0 Å². The van der Waals surface area contributed by atoms with Crippen LogP contribution in [0.3, 0.4) is 0 Å². The molecular formula is C85H75Ir3N5O6Pt-4. The molecule has 0 spiro atoms. The van der Waals surface area contributed by atoms with Crippen LogP contribution in [0.15, 0.2) is 309 Å². The van der Waals surface area contributed by atoms with Crippen LogP contribution in [-0.4, -0.2) is 68.7 Å². The molecule has 0 aliphatic heterocycles. The molecule has 8 aliphatic carbocycles. The van der Waals surface area contributed by atoms with E-state index in [1.54, 1.807) is 20.0 Å². The number of aliphatic hydroxyl groups is 4. The minimum atomic E-state index is -0.375. The number of fused-ring (bicyclic) bond motifs is 4. The average Bonchev–Trinajstić information content (AvgIpc) is 1.67. The van der Waals surface area contributed by atoms with Gasteiger partial charge in [0.05, 0.1) is 29.6 Å². The molecule has 15 heteroatoms. The quantitative estimate of drug-likeness (QED) is 0.0587. The molecule has 11 nitrogen and oxygen atoms in total. The number of aliphatic hydroxyl groups excluding tert-OH is 4. The van der Waals surface area contributed by atoms with Crippen molar-refractivity contribution in [3.63, 3.8) is 0 Å². The summed E-state index contributed by atoms with van der Waals surface area (Å²) >= 11 is 0. The Morgan fingerprint density at radius 1 is 0.420 bits per heavy atom. The van der Waals surface area contributed by atoms with Crippen LogP contribution >= 0.6 is 0 Å². The fourth-order valence-corrected chi connectivity index (χ4v) is 10.1. The summed E-state index contributed by atoms with van der Waals surface area (Å²) in [6, 6.07) is 99.7. The standard InChI is InChI=1S/C21H14N.C19H13N2.2C15H10N.C5H12O2.2C5H8O2.3Ir.Pt/c1-2-7-16(8-3-1)17-9-6-10-19-18(15-17)12-13-20(19)21-11-4-5-14-22-21;1-3-7-15-13-17(14-16(15)8-4-1)19-20-11-12-21(19)18-9-5-2-6-10-18;1-2-8-14(15-10-3-4-11-16-15)13-9-5-7-12(13)6-1;1-2-6-12-10-14(11-13(12)7-3-1)15-8-4-5-9-16-15;3*1-4(6)3-5(2)7;;;;/h1-12,14-15H;1-13H;1-7,9-11H;1-10H;4-7H,3H2,1-2H3;2*3,6H,1-2H3;;;;/q4*-1;;;;;;;. The number of hydrogen-bond acceptors (Lipinski definition) is 10. The number of imidazole rings is 1. The zero-order chi connectivity index (χ0) is 68.0. The van der Waals surface area contributed by atoms with E-state index in [1.807, 2.05) is 158 Å². The van der Waals surface area contributed by atoms with Gasteiger partial charge in [-0.15, -0.1) is 129 Å². The first-order valence-electron chi connectivity index (χ1n) is 31.3. The molecule has 0 amide bonds. The molecule has 0 saturated carbocycles. The Bertz CT molecular complexity index is 4480. The Labute approximate surface area is 642 Å². The third-order valence-electron chi connectivity index (χ3n) is 14.1. The number of benzene rings is 2. The number of carbonyl (C=O) groups excluding carboxylic acids is 2. The molecule has 2 aromatic carbocycles. The predicted molar refractivity (Wildman–Crippen MR) is 387 cm³/mol. The first-order chi connectivity index (χ1) is 46.6.